The van der Waals surface area contributed by atoms with Gasteiger partial charge >= 0.3 is 325 Å². The van der Waals surface area contributed by atoms with E-state index >= 15 is 0 Å². The quantitative estimate of drug-likeness (QED) is 0.252. The Labute approximate surface area is 347 Å². The molecule has 4 bridgehead atoms. The van der Waals surface area contributed by atoms with E-state index in [4.69, 9.17) is 0 Å². The van der Waals surface area contributed by atoms with Gasteiger partial charge in [0.05, 0.1) is 0 Å². The van der Waals surface area contributed by atoms with Gasteiger partial charge in [-0.25, -0.2) is 0 Å². The average molecular weight is 839 g/mol. The van der Waals surface area contributed by atoms with Crippen LogP contribution in [0.4, 0.5) is 0 Å². The van der Waals surface area contributed by atoms with Gasteiger partial charge in [-0.05, 0) is 0 Å². The third-order valence-electron chi connectivity index (χ3n) is 18.0. The minimum absolute atomic E-state index is 0. The van der Waals surface area contributed by atoms with Crippen LogP contribution in [0.2, 0.25) is 0 Å². The molecule has 3 aromatic carbocycles. The van der Waals surface area contributed by atoms with Crippen LogP contribution in [0.3, 0.4) is 0 Å². The zero-order valence-electron chi connectivity index (χ0n) is 34.7. The van der Waals surface area contributed by atoms with Gasteiger partial charge in [-0.1, -0.05) is 0 Å². The molecule has 0 spiro atoms. The first-order valence-electron chi connectivity index (χ1n) is 21.7. The molecule has 3 aromatic rings. The topological polar surface area (TPSA) is 0 Å². The molecule has 0 radical (unpaired) electrons. The first-order chi connectivity index (χ1) is 24.9. The molecule has 6 unspecified atom stereocenters. The minimum Gasteiger partial charge on any atom is -1.00 e. The van der Waals surface area contributed by atoms with Gasteiger partial charge in [0.25, 0.3) is 0 Å². The van der Waals surface area contributed by atoms with Crippen LogP contribution in [0.15, 0.2) is 51.8 Å². The van der Waals surface area contributed by atoms with Crippen LogP contribution < -0.4 is 24.8 Å². The summed E-state index contributed by atoms with van der Waals surface area (Å²) in [6, 6.07) is 12.3. The van der Waals surface area contributed by atoms with Crippen molar-refractivity contribution in [1.29, 1.82) is 0 Å². The summed E-state index contributed by atoms with van der Waals surface area (Å²) in [6.07, 6.45) is 24.8. The first kappa shape index (κ1) is 39.6. The number of hydrogen-bond donors (Lipinski definition) is 0. The van der Waals surface area contributed by atoms with Crippen molar-refractivity contribution in [3.05, 3.63) is 90.8 Å². The van der Waals surface area contributed by atoms with Crippen molar-refractivity contribution in [2.24, 2.45) is 40.4 Å². The third-order valence-corrected chi connectivity index (χ3v) is 27.4. The summed E-state index contributed by atoms with van der Waals surface area (Å²) in [4.78, 5) is 0. The number of fused-ring (bicyclic) bond motifs is 8. The maximum atomic E-state index is 3.02. The predicted molar refractivity (Wildman–Crippen MR) is 219 cm³/mol. The summed E-state index contributed by atoms with van der Waals surface area (Å²) in [7, 11) is 0. The van der Waals surface area contributed by atoms with Crippen molar-refractivity contribution in [2.45, 2.75) is 148 Å². The number of rotatable bonds is 3. The fourth-order valence-electron chi connectivity index (χ4n) is 15.1. The van der Waals surface area contributed by atoms with Crippen molar-refractivity contribution >= 4 is 14.0 Å². The second-order valence-corrected chi connectivity index (χ2v) is 27.9. The first-order valence-corrected chi connectivity index (χ1v) is 25.4. The summed E-state index contributed by atoms with van der Waals surface area (Å²) in [5.41, 5.74) is 15.3. The number of halogens is 2. The Morgan fingerprint density at radius 2 is 1.33 bits per heavy atom. The minimum atomic E-state index is -2.58. The van der Waals surface area contributed by atoms with E-state index < -0.39 is 21.3 Å². The van der Waals surface area contributed by atoms with E-state index in [1.54, 1.807) is 33.2 Å². The zero-order chi connectivity index (χ0) is 36.1. The Hall–Kier alpha value is -1.27. The molecule has 0 amide bonds. The molecule has 6 atom stereocenters. The molecule has 54 heavy (non-hydrogen) atoms. The Morgan fingerprint density at radius 3 is 1.96 bits per heavy atom. The third kappa shape index (κ3) is 5.24. The zero-order valence-corrected chi connectivity index (χ0v) is 38.7. The summed E-state index contributed by atoms with van der Waals surface area (Å²) < 4.78 is 4.18. The van der Waals surface area contributed by atoms with E-state index in [1.165, 1.54) is 92.7 Å². The molecule has 11 rings (SSSR count). The van der Waals surface area contributed by atoms with Crippen molar-refractivity contribution in [3.63, 3.8) is 0 Å². The summed E-state index contributed by atoms with van der Waals surface area (Å²) >= 11 is -2.58. The number of allylic oxidation sites excluding steroid dienone is 4. The van der Waals surface area contributed by atoms with Gasteiger partial charge in [-0.2, -0.15) is 0 Å². The normalized spacial score (nSPS) is 36.9. The molecule has 0 saturated heterocycles. The fourth-order valence-corrected chi connectivity index (χ4v) is 26.2. The van der Waals surface area contributed by atoms with Gasteiger partial charge in [0.1, 0.15) is 0 Å². The molecule has 286 valence electrons. The van der Waals surface area contributed by atoms with Crippen LogP contribution in [0, 0.1) is 61.2 Å². The van der Waals surface area contributed by atoms with Gasteiger partial charge in [0.2, 0.25) is 0 Å². The van der Waals surface area contributed by atoms with Crippen LogP contribution in [0.1, 0.15) is 163 Å². The molecule has 8 aliphatic carbocycles. The smallest absolute Gasteiger partial charge is 1.00 e. The fraction of sp³-hybridized carbons (Fsp3) is 0.588. The van der Waals surface area contributed by atoms with E-state index in [0.717, 1.165) is 17.8 Å². The largest absolute Gasteiger partial charge is 1.00 e. The van der Waals surface area contributed by atoms with E-state index in [2.05, 4.69) is 114 Å². The maximum absolute atomic E-state index is 3.02. The van der Waals surface area contributed by atoms with Crippen LogP contribution in [0.5, 0.6) is 0 Å². The SMILES string of the molecule is Cc1cc2c(c(C)c1C)C(C)c1c3c(c4ccccc4c1-2)C(C)C(C)C(C)[C]3(C)[Zr+2]([C]1=CC(C)(C23CC4CC(CC(C4)C2)C3)C=C1)=[C]1CCCCC1.[Cl-].[Cl-]. The Bertz CT molecular complexity index is 2100. The summed E-state index contributed by atoms with van der Waals surface area (Å²) in [5, 5.41) is 3.08. The average Bonchev–Trinajstić information content (AvgIpc) is 3.66. The van der Waals surface area contributed by atoms with Crippen molar-refractivity contribution in [1.82, 2.24) is 0 Å². The molecule has 5 saturated carbocycles. The van der Waals surface area contributed by atoms with E-state index in [9.17, 15) is 0 Å². The molecule has 8 aliphatic rings. The van der Waals surface area contributed by atoms with E-state index in [0.29, 0.717) is 29.1 Å². The van der Waals surface area contributed by atoms with Gasteiger partial charge in [0, 0.05) is 0 Å². The van der Waals surface area contributed by atoms with Crippen LogP contribution in [-0.2, 0) is 24.4 Å². The van der Waals surface area contributed by atoms with Crippen LogP contribution in [0.25, 0.3) is 21.9 Å². The molecule has 0 nitrogen and oxygen atoms in total. The number of benzene rings is 3. The van der Waals surface area contributed by atoms with Crippen molar-refractivity contribution in [2.75, 3.05) is 0 Å². The molecule has 3 heteroatoms. The molecular formula is C51H64Cl2Zr. The Morgan fingerprint density at radius 1 is 0.722 bits per heavy atom. The summed E-state index contributed by atoms with van der Waals surface area (Å²) in [5.74, 6) is 5.30. The van der Waals surface area contributed by atoms with Crippen molar-refractivity contribution < 1.29 is 46.1 Å². The summed E-state index contributed by atoms with van der Waals surface area (Å²) in [6.45, 7) is 23.4. The molecule has 0 aromatic heterocycles. The van der Waals surface area contributed by atoms with Gasteiger partial charge in [0.15, 0.2) is 0 Å². The molecule has 5 fully saturated rings. The molecule has 0 N–H and O–H groups in total. The Balaban J connectivity index is 0.00000207. The molecular weight excluding hydrogens is 775 g/mol. The second kappa shape index (κ2) is 13.7. The second-order valence-electron chi connectivity index (χ2n) is 20.3. The number of aryl methyl sites for hydroxylation is 1. The van der Waals surface area contributed by atoms with Gasteiger partial charge in [-0.15, -0.1) is 0 Å². The standard InChI is InChI=1S/C29H33.C16H21.C6H10.2ClH.Zr/c1-14-13-24-25(18(5)15(14)2)21(8)28-27-20(7)17(4)16(3)19(6)26(27)22-11-9-10-12-23(22)29(24)28;1-15(4-2-3-5-15)16-9-12-6-13(10-16)8-14(7-12)11-16;1-2-4-6-5-3-1;;;/h9-13,16-17,19,21H,1-8H3;2,4-5,12-14H,6-11H2,1H3;1-5H2;2*1H;/q;;;;;+2/p-2. The molecule has 0 heterocycles. The van der Waals surface area contributed by atoms with E-state index in [-0.39, 0.29) is 33.4 Å². The van der Waals surface area contributed by atoms with Crippen molar-refractivity contribution in [3.8, 4) is 11.1 Å². The van der Waals surface area contributed by atoms with Gasteiger partial charge < -0.3 is 24.8 Å². The van der Waals surface area contributed by atoms with Gasteiger partial charge in [-0.3, -0.25) is 0 Å². The maximum Gasteiger partial charge on any atom is -1.00 e. The molecule has 0 aliphatic heterocycles. The number of hydrogen-bond acceptors (Lipinski definition) is 0. The monoisotopic (exact) mass is 836 g/mol. The van der Waals surface area contributed by atoms with Crippen LogP contribution >= 0.6 is 0 Å². The van der Waals surface area contributed by atoms with E-state index in [1.807, 2.05) is 8.84 Å². The Kier molecular flexibility index (Phi) is 10.0. The van der Waals surface area contributed by atoms with Crippen LogP contribution in [-0.4, -0.2) is 3.21 Å². The predicted octanol–water partition coefficient (Wildman–Crippen LogP) is 7.94.